The summed E-state index contributed by atoms with van der Waals surface area (Å²) >= 11 is 0. The Balaban J connectivity index is 1.56. The third-order valence-corrected chi connectivity index (χ3v) is 4.45. The molecule has 0 spiro atoms. The number of piperazine rings is 1. The van der Waals surface area contributed by atoms with Gasteiger partial charge in [-0.25, -0.2) is 8.78 Å². The van der Waals surface area contributed by atoms with Crippen molar-refractivity contribution >= 4 is 17.6 Å². The van der Waals surface area contributed by atoms with Crippen LogP contribution in [-0.2, 0) is 18.3 Å². The Hall–Kier alpha value is -2.97. The van der Waals surface area contributed by atoms with Crippen LogP contribution in [0.15, 0.2) is 35.6 Å². The van der Waals surface area contributed by atoms with Crippen LogP contribution >= 0.6 is 0 Å². The minimum absolute atomic E-state index is 0.0397. The van der Waals surface area contributed by atoms with Gasteiger partial charge in [0.1, 0.15) is 18.2 Å². The van der Waals surface area contributed by atoms with Crippen molar-refractivity contribution in [3.05, 3.63) is 47.8 Å². The molecule has 2 heterocycles. The lowest BCUT2D eigenvalue weighted by Gasteiger charge is -2.35. The van der Waals surface area contributed by atoms with Crippen molar-refractivity contribution in [2.45, 2.75) is 6.42 Å². The lowest BCUT2D eigenvalue weighted by molar-refractivity contribution is -0.120. The van der Waals surface area contributed by atoms with Gasteiger partial charge in [-0.05, 0) is 18.6 Å². The number of halogens is 2. The number of carbonyl (C=O) groups is 1. The molecule has 1 amide bonds. The number of anilines is 1. The molecule has 0 unspecified atom stereocenters. The number of aromatic nitrogens is 2. The van der Waals surface area contributed by atoms with E-state index in [0.717, 1.165) is 5.69 Å². The van der Waals surface area contributed by atoms with Crippen LogP contribution in [-0.4, -0.2) is 59.8 Å². The molecule has 0 bridgehead atoms. The fourth-order valence-electron chi connectivity index (χ4n) is 3.08. The summed E-state index contributed by atoms with van der Waals surface area (Å²) in [6.07, 6.45) is 3.63. The van der Waals surface area contributed by atoms with E-state index in [4.69, 9.17) is 0 Å². The van der Waals surface area contributed by atoms with Crippen molar-refractivity contribution in [1.29, 1.82) is 0 Å². The van der Waals surface area contributed by atoms with Crippen molar-refractivity contribution in [1.82, 2.24) is 20.0 Å². The van der Waals surface area contributed by atoms with Crippen LogP contribution in [0.2, 0.25) is 0 Å². The van der Waals surface area contributed by atoms with Crippen LogP contribution in [0.1, 0.15) is 5.56 Å². The molecule has 9 heteroatoms. The monoisotopic (exact) mass is 376 g/mol. The van der Waals surface area contributed by atoms with E-state index >= 15 is 0 Å². The lowest BCUT2D eigenvalue weighted by Crippen LogP contribution is -2.55. The molecule has 7 nitrogen and oxygen atoms in total. The number of aryl methyl sites for hydroxylation is 1. The number of hydrogen-bond acceptors (Lipinski definition) is 3. The van der Waals surface area contributed by atoms with E-state index in [1.165, 1.54) is 18.2 Å². The molecule has 1 saturated heterocycles. The summed E-state index contributed by atoms with van der Waals surface area (Å²) < 4.78 is 29.1. The van der Waals surface area contributed by atoms with Crippen molar-refractivity contribution in [3.8, 4) is 0 Å². The van der Waals surface area contributed by atoms with E-state index in [0.29, 0.717) is 25.6 Å². The molecule has 0 saturated carbocycles. The van der Waals surface area contributed by atoms with Gasteiger partial charge in [0.15, 0.2) is 5.96 Å². The van der Waals surface area contributed by atoms with Crippen LogP contribution in [0.3, 0.4) is 0 Å². The molecule has 0 radical (unpaired) electrons. The fraction of sp³-hybridized carbons (Fsp3) is 0.389. The predicted molar refractivity (Wildman–Crippen MR) is 98.6 cm³/mol. The second-order valence-electron chi connectivity index (χ2n) is 6.26. The highest BCUT2D eigenvalue weighted by molar-refractivity contribution is 5.98. The minimum Gasteiger partial charge on any atom is -0.356 e. The summed E-state index contributed by atoms with van der Waals surface area (Å²) in [6.45, 7) is 1.58. The molecule has 1 aliphatic heterocycles. The topological polar surface area (TPSA) is 65.8 Å². The molecule has 1 aliphatic rings. The van der Waals surface area contributed by atoms with Gasteiger partial charge >= 0.3 is 0 Å². The number of rotatable bonds is 4. The van der Waals surface area contributed by atoms with Gasteiger partial charge in [-0.3, -0.25) is 14.5 Å². The summed E-state index contributed by atoms with van der Waals surface area (Å²) in [5.74, 6) is -0.651. The molecule has 1 aromatic carbocycles. The Kier molecular flexibility index (Phi) is 5.68. The highest BCUT2D eigenvalue weighted by Crippen LogP contribution is 2.16. The Morgan fingerprint density at radius 1 is 1.30 bits per heavy atom. The van der Waals surface area contributed by atoms with Crippen LogP contribution in [0, 0.1) is 11.6 Å². The van der Waals surface area contributed by atoms with E-state index in [1.807, 2.05) is 4.90 Å². The Labute approximate surface area is 156 Å². The van der Waals surface area contributed by atoms with Crippen LogP contribution < -0.4 is 10.2 Å². The number of aliphatic imine (C=N–C) groups is 1. The fourth-order valence-corrected chi connectivity index (χ4v) is 3.08. The Bertz CT molecular complexity index is 830. The highest BCUT2D eigenvalue weighted by atomic mass is 19.1. The first-order chi connectivity index (χ1) is 13.0. The van der Waals surface area contributed by atoms with Gasteiger partial charge in [-0.15, -0.1) is 0 Å². The summed E-state index contributed by atoms with van der Waals surface area (Å²) in [5, 5.41) is 7.17. The van der Waals surface area contributed by atoms with Crippen LogP contribution in [0.25, 0.3) is 0 Å². The molecule has 27 heavy (non-hydrogen) atoms. The average molecular weight is 376 g/mol. The maximum Gasteiger partial charge on any atom is 0.246 e. The summed E-state index contributed by atoms with van der Waals surface area (Å²) in [7, 11) is 3.42. The first-order valence-electron chi connectivity index (χ1n) is 8.67. The van der Waals surface area contributed by atoms with E-state index < -0.39 is 11.6 Å². The maximum atomic E-state index is 13.7. The van der Waals surface area contributed by atoms with E-state index in [2.05, 4.69) is 15.4 Å². The van der Waals surface area contributed by atoms with Crippen molar-refractivity contribution in [2.24, 2.45) is 12.0 Å². The largest absolute Gasteiger partial charge is 0.356 e. The summed E-state index contributed by atoms with van der Waals surface area (Å²) in [4.78, 5) is 20.2. The third-order valence-electron chi connectivity index (χ3n) is 4.45. The maximum absolute atomic E-state index is 13.7. The van der Waals surface area contributed by atoms with Gasteiger partial charge in [0, 0.05) is 45.5 Å². The molecular formula is C18H22F2N6O. The molecule has 2 aromatic rings. The van der Waals surface area contributed by atoms with E-state index in [-0.39, 0.29) is 24.4 Å². The van der Waals surface area contributed by atoms with Gasteiger partial charge in [0.05, 0.1) is 11.9 Å². The standard InChI is InChI=1S/C18H22F2N6O/c1-21-18(22-7-6-14-15(19)4-3-5-16(14)20)25-8-9-26(17(27)12-25)13-10-23-24(2)11-13/h3-5,10-11H,6-9,12H2,1-2H3,(H,21,22). The van der Waals surface area contributed by atoms with Crippen molar-refractivity contribution in [2.75, 3.05) is 38.1 Å². The summed E-state index contributed by atoms with van der Waals surface area (Å²) in [5.41, 5.74) is 0.804. The summed E-state index contributed by atoms with van der Waals surface area (Å²) in [6, 6.07) is 3.82. The normalized spacial score (nSPS) is 15.4. The lowest BCUT2D eigenvalue weighted by atomic mass is 10.1. The van der Waals surface area contributed by atoms with E-state index in [9.17, 15) is 13.6 Å². The van der Waals surface area contributed by atoms with Gasteiger partial charge in [0.25, 0.3) is 0 Å². The minimum atomic E-state index is -0.563. The van der Waals surface area contributed by atoms with Gasteiger partial charge < -0.3 is 15.1 Å². The zero-order valence-electron chi connectivity index (χ0n) is 15.3. The SMILES string of the molecule is CN=C(NCCc1c(F)cccc1F)N1CCN(c2cnn(C)c2)C(=O)C1. The van der Waals surface area contributed by atoms with Gasteiger partial charge in [0.2, 0.25) is 5.91 Å². The quantitative estimate of drug-likeness (QED) is 0.643. The second-order valence-corrected chi connectivity index (χ2v) is 6.26. The molecule has 1 aromatic heterocycles. The molecule has 144 valence electrons. The number of carbonyl (C=O) groups excluding carboxylic acids is 1. The zero-order chi connectivity index (χ0) is 19.4. The van der Waals surface area contributed by atoms with Crippen LogP contribution in [0.5, 0.6) is 0 Å². The molecule has 1 N–H and O–H groups in total. The highest BCUT2D eigenvalue weighted by Gasteiger charge is 2.27. The Morgan fingerprint density at radius 3 is 2.63 bits per heavy atom. The van der Waals surface area contributed by atoms with Crippen LogP contribution in [0.4, 0.5) is 14.5 Å². The average Bonchev–Trinajstić information content (AvgIpc) is 3.07. The second kappa shape index (κ2) is 8.15. The molecule has 3 rings (SSSR count). The number of guanidine groups is 1. The van der Waals surface area contributed by atoms with Gasteiger partial charge in [-0.1, -0.05) is 6.07 Å². The number of hydrogen-bond donors (Lipinski definition) is 1. The zero-order valence-corrected chi connectivity index (χ0v) is 15.3. The van der Waals surface area contributed by atoms with Gasteiger partial charge in [-0.2, -0.15) is 5.10 Å². The van der Waals surface area contributed by atoms with E-state index in [1.54, 1.807) is 36.1 Å². The first kappa shape index (κ1) is 18.8. The first-order valence-corrected chi connectivity index (χ1v) is 8.67. The smallest absolute Gasteiger partial charge is 0.246 e. The van der Waals surface area contributed by atoms with Crippen molar-refractivity contribution < 1.29 is 13.6 Å². The molecule has 0 aliphatic carbocycles. The predicted octanol–water partition coefficient (Wildman–Crippen LogP) is 1.16. The molecule has 0 atom stereocenters. The number of nitrogens with zero attached hydrogens (tertiary/aromatic N) is 5. The molecular weight excluding hydrogens is 354 g/mol. The Morgan fingerprint density at radius 2 is 2.04 bits per heavy atom. The van der Waals surface area contributed by atoms with Crippen molar-refractivity contribution in [3.63, 3.8) is 0 Å². The third kappa shape index (κ3) is 4.24. The number of nitrogens with one attached hydrogen (secondary N) is 1. The number of amides is 1. The molecule has 1 fully saturated rings. The number of benzene rings is 1.